The van der Waals surface area contributed by atoms with Crippen molar-refractivity contribution in [3.63, 3.8) is 0 Å². The molecule has 0 spiro atoms. The van der Waals surface area contributed by atoms with Crippen molar-refractivity contribution >= 4 is 17.7 Å². The first-order valence-corrected chi connectivity index (χ1v) is 10.6. The van der Waals surface area contributed by atoms with Gasteiger partial charge in [0.25, 0.3) is 0 Å². The van der Waals surface area contributed by atoms with E-state index in [1.54, 1.807) is 0 Å². The van der Waals surface area contributed by atoms with E-state index >= 15 is 0 Å². The topological polar surface area (TPSA) is 57.0 Å². The third-order valence-corrected chi connectivity index (χ3v) is 5.50. The van der Waals surface area contributed by atoms with Crippen LogP contribution in [0.25, 0.3) is 17.1 Å². The second-order valence-corrected chi connectivity index (χ2v) is 7.67. The van der Waals surface area contributed by atoms with Gasteiger partial charge in [-0.25, -0.2) is 0 Å². The fraction of sp³-hybridized carbons (Fsp3) is 0.125. The summed E-state index contributed by atoms with van der Waals surface area (Å²) in [5.41, 5.74) is 4.03. The number of benzene rings is 3. The highest BCUT2D eigenvalue weighted by atomic mass is 32.2. The number of hydrogen-bond donors (Lipinski definition) is 0. The molecule has 5 nitrogen and oxygen atoms in total. The molecule has 3 aromatic carbocycles. The molecule has 30 heavy (non-hydrogen) atoms. The first-order chi connectivity index (χ1) is 14.7. The molecule has 0 aliphatic carbocycles. The molecule has 4 aromatic rings. The van der Waals surface area contributed by atoms with Gasteiger partial charge in [0.05, 0.1) is 5.75 Å². The van der Waals surface area contributed by atoms with Crippen LogP contribution >= 0.6 is 11.8 Å². The molecule has 6 heteroatoms. The normalized spacial score (nSPS) is 10.7. The molecule has 0 radical (unpaired) electrons. The van der Waals surface area contributed by atoms with E-state index in [1.807, 2.05) is 96.4 Å². The molecule has 0 atom stereocenters. The number of nitrogens with zero attached hydrogens (tertiary/aromatic N) is 3. The van der Waals surface area contributed by atoms with E-state index in [0.29, 0.717) is 5.16 Å². The zero-order valence-electron chi connectivity index (χ0n) is 16.6. The Morgan fingerprint density at radius 3 is 2.30 bits per heavy atom. The maximum Gasteiger partial charge on any atom is 0.316 e. The quantitative estimate of drug-likeness (QED) is 0.311. The van der Waals surface area contributed by atoms with E-state index in [2.05, 4.69) is 10.2 Å². The van der Waals surface area contributed by atoms with Gasteiger partial charge in [0.1, 0.15) is 6.61 Å². The van der Waals surface area contributed by atoms with Gasteiger partial charge in [-0.15, -0.1) is 10.2 Å². The van der Waals surface area contributed by atoms with E-state index in [0.717, 1.165) is 28.2 Å². The molecule has 1 heterocycles. The number of para-hydroxylation sites is 1. The van der Waals surface area contributed by atoms with Crippen LogP contribution < -0.4 is 0 Å². The number of aryl methyl sites for hydroxylation is 1. The lowest BCUT2D eigenvalue weighted by Crippen LogP contribution is -2.08. The Hall–Kier alpha value is -3.38. The maximum atomic E-state index is 12.3. The molecular weight excluding hydrogens is 394 g/mol. The minimum Gasteiger partial charge on any atom is -0.460 e. The molecule has 0 saturated carbocycles. The van der Waals surface area contributed by atoms with Crippen LogP contribution in [0.15, 0.2) is 90.1 Å². The third kappa shape index (κ3) is 4.60. The van der Waals surface area contributed by atoms with E-state index in [4.69, 9.17) is 4.74 Å². The minimum atomic E-state index is -0.288. The lowest BCUT2D eigenvalue weighted by Gasteiger charge is -2.11. The van der Waals surface area contributed by atoms with Crippen LogP contribution in [-0.4, -0.2) is 26.5 Å². The molecule has 4 rings (SSSR count). The maximum absolute atomic E-state index is 12.3. The predicted octanol–water partition coefficient (Wildman–Crippen LogP) is 5.08. The summed E-state index contributed by atoms with van der Waals surface area (Å²) in [6, 6.07) is 27.6. The molecular formula is C24H21N3O2S. The van der Waals surface area contributed by atoms with Crippen LogP contribution in [0, 0.1) is 6.92 Å². The van der Waals surface area contributed by atoms with Crippen molar-refractivity contribution in [3.8, 4) is 17.1 Å². The Kier molecular flexibility index (Phi) is 6.25. The summed E-state index contributed by atoms with van der Waals surface area (Å²) in [6.45, 7) is 2.31. The standard InChI is InChI=1S/C24H21N3O2S/c1-18-10-8-9-15-21(18)23-25-26-24(27(23)20-13-6-3-7-14-20)30-17-22(28)29-16-19-11-4-2-5-12-19/h2-15H,16-17H2,1H3. The average molecular weight is 416 g/mol. The van der Waals surface area contributed by atoms with Crippen LogP contribution in [0.5, 0.6) is 0 Å². The highest BCUT2D eigenvalue weighted by Crippen LogP contribution is 2.29. The lowest BCUT2D eigenvalue weighted by molar-refractivity contribution is -0.141. The van der Waals surface area contributed by atoms with Gasteiger partial charge in [-0.3, -0.25) is 9.36 Å². The summed E-state index contributed by atoms with van der Waals surface area (Å²) < 4.78 is 7.37. The first kappa shape index (κ1) is 19.9. The van der Waals surface area contributed by atoms with Gasteiger partial charge in [0.15, 0.2) is 11.0 Å². The summed E-state index contributed by atoms with van der Waals surface area (Å²) in [4.78, 5) is 12.3. The third-order valence-electron chi connectivity index (χ3n) is 4.60. The zero-order chi connectivity index (χ0) is 20.8. The van der Waals surface area contributed by atoms with Crippen molar-refractivity contribution in [1.29, 1.82) is 0 Å². The number of aromatic nitrogens is 3. The molecule has 150 valence electrons. The summed E-state index contributed by atoms with van der Waals surface area (Å²) >= 11 is 1.32. The molecule has 0 bridgehead atoms. The lowest BCUT2D eigenvalue weighted by atomic mass is 10.1. The monoisotopic (exact) mass is 415 g/mol. The van der Waals surface area contributed by atoms with Gasteiger partial charge in [-0.05, 0) is 30.2 Å². The van der Waals surface area contributed by atoms with Crippen LogP contribution in [-0.2, 0) is 16.1 Å². The predicted molar refractivity (Wildman–Crippen MR) is 118 cm³/mol. The number of thioether (sulfide) groups is 1. The Labute approximate surface area is 179 Å². The Bertz CT molecular complexity index is 1130. The van der Waals surface area contributed by atoms with Crippen molar-refractivity contribution in [2.24, 2.45) is 0 Å². The number of rotatable bonds is 7. The summed E-state index contributed by atoms with van der Waals surface area (Å²) in [6.07, 6.45) is 0. The molecule has 1 aromatic heterocycles. The van der Waals surface area contributed by atoms with Crippen molar-refractivity contribution in [3.05, 3.63) is 96.1 Å². The van der Waals surface area contributed by atoms with E-state index in [9.17, 15) is 4.79 Å². The smallest absolute Gasteiger partial charge is 0.316 e. The minimum absolute atomic E-state index is 0.158. The van der Waals surface area contributed by atoms with E-state index < -0.39 is 0 Å². The molecule has 0 fully saturated rings. The first-order valence-electron chi connectivity index (χ1n) is 9.61. The van der Waals surface area contributed by atoms with Crippen molar-refractivity contribution in [2.45, 2.75) is 18.7 Å². The van der Waals surface area contributed by atoms with Gasteiger partial charge in [-0.1, -0.05) is 84.6 Å². The van der Waals surface area contributed by atoms with Crippen molar-refractivity contribution in [1.82, 2.24) is 14.8 Å². The van der Waals surface area contributed by atoms with E-state index in [-0.39, 0.29) is 18.3 Å². The molecule has 0 saturated heterocycles. The van der Waals surface area contributed by atoms with Crippen LogP contribution in [0.1, 0.15) is 11.1 Å². The number of carbonyl (C=O) groups is 1. The number of carbonyl (C=O) groups excluding carboxylic acids is 1. The number of esters is 1. The second kappa shape index (κ2) is 9.41. The van der Waals surface area contributed by atoms with Crippen LogP contribution in [0.2, 0.25) is 0 Å². The second-order valence-electron chi connectivity index (χ2n) is 6.73. The summed E-state index contributed by atoms with van der Waals surface area (Å²) in [7, 11) is 0. The Balaban J connectivity index is 1.55. The van der Waals surface area contributed by atoms with Crippen LogP contribution in [0.4, 0.5) is 0 Å². The zero-order valence-corrected chi connectivity index (χ0v) is 17.4. The van der Waals surface area contributed by atoms with Crippen molar-refractivity contribution in [2.75, 3.05) is 5.75 Å². The highest BCUT2D eigenvalue weighted by Gasteiger charge is 2.18. The van der Waals surface area contributed by atoms with Crippen molar-refractivity contribution < 1.29 is 9.53 Å². The van der Waals surface area contributed by atoms with Gasteiger partial charge < -0.3 is 4.74 Å². The summed E-state index contributed by atoms with van der Waals surface area (Å²) in [5, 5.41) is 9.45. The largest absolute Gasteiger partial charge is 0.460 e. The molecule has 0 unspecified atom stereocenters. The van der Waals surface area contributed by atoms with Gasteiger partial charge in [0.2, 0.25) is 0 Å². The number of hydrogen-bond acceptors (Lipinski definition) is 5. The van der Waals surface area contributed by atoms with Gasteiger partial charge in [-0.2, -0.15) is 0 Å². The van der Waals surface area contributed by atoms with Gasteiger partial charge >= 0.3 is 5.97 Å². The Morgan fingerprint density at radius 1 is 0.900 bits per heavy atom. The highest BCUT2D eigenvalue weighted by molar-refractivity contribution is 7.99. The molecule has 0 aliphatic heterocycles. The van der Waals surface area contributed by atoms with E-state index in [1.165, 1.54) is 11.8 Å². The Morgan fingerprint density at radius 2 is 1.57 bits per heavy atom. The van der Waals surface area contributed by atoms with Crippen LogP contribution in [0.3, 0.4) is 0 Å². The fourth-order valence-corrected chi connectivity index (χ4v) is 3.82. The molecule has 0 amide bonds. The van der Waals surface area contributed by atoms with Gasteiger partial charge in [0, 0.05) is 11.3 Å². The number of ether oxygens (including phenoxy) is 1. The SMILES string of the molecule is Cc1ccccc1-c1nnc(SCC(=O)OCc2ccccc2)n1-c1ccccc1. The molecule has 0 N–H and O–H groups in total. The summed E-state index contributed by atoms with van der Waals surface area (Å²) in [5.74, 6) is 0.620. The molecule has 0 aliphatic rings. The average Bonchev–Trinajstić information content (AvgIpc) is 3.21. The fourth-order valence-electron chi connectivity index (χ4n) is 3.07.